The van der Waals surface area contributed by atoms with Crippen LogP contribution in [-0.2, 0) is 10.8 Å². The highest BCUT2D eigenvalue weighted by atomic mass is 16.5. The van der Waals surface area contributed by atoms with Gasteiger partial charge < -0.3 is 14.2 Å². The number of nitrogens with zero attached hydrogens (tertiary/aromatic N) is 2. The van der Waals surface area contributed by atoms with Gasteiger partial charge in [-0.2, -0.15) is 0 Å². The molecule has 0 radical (unpaired) electrons. The molecule has 0 spiro atoms. The van der Waals surface area contributed by atoms with Crippen LogP contribution in [0.3, 0.4) is 0 Å². The number of anilines is 3. The lowest BCUT2D eigenvalue weighted by atomic mass is 9.69. The van der Waals surface area contributed by atoms with E-state index >= 15 is 0 Å². The van der Waals surface area contributed by atoms with Crippen molar-refractivity contribution in [3.05, 3.63) is 331 Å². The standard InChI is InChI=1S/C86H70N2O/c1-5-59-29-40-70(41-30-59)88-83-51-38-64(55-77(83)78-56-65(39-52-84(78)88)66-37-49-75-73-25-15-17-27-79(73)85(3,4)81(75)57-66)63-35-44-69(45-36-63)87(68-42-33-62(34-43-68)61-21-11-9-12-22-61)71-46-50-76-74-26-16-18-28-80(74)86(82(76)58-71,67-23-13-10-14-24-67)53-19-7-8-20-54-89-72-47-31-60(6-2)32-48-72/h5-6,9-18,21-52,55-58H,1-2,7-8,19-20,53-54H2,3-4H3. The van der Waals surface area contributed by atoms with E-state index in [2.05, 4.69) is 303 Å². The predicted molar refractivity (Wildman–Crippen MR) is 376 cm³/mol. The van der Waals surface area contributed by atoms with E-state index in [0.717, 1.165) is 77.3 Å². The molecule has 2 aliphatic rings. The summed E-state index contributed by atoms with van der Waals surface area (Å²) in [6.07, 6.45) is 9.05. The normalized spacial score (nSPS) is 14.2. The van der Waals surface area contributed by atoms with Crippen LogP contribution in [-0.4, -0.2) is 11.2 Å². The van der Waals surface area contributed by atoms with E-state index in [1.165, 1.54) is 99.7 Å². The van der Waals surface area contributed by atoms with E-state index in [1.54, 1.807) is 0 Å². The van der Waals surface area contributed by atoms with Crippen molar-refractivity contribution in [2.45, 2.75) is 56.8 Å². The monoisotopic (exact) mass is 1150 g/mol. The Morgan fingerprint density at radius 1 is 0.382 bits per heavy atom. The lowest BCUT2D eigenvalue weighted by molar-refractivity contribution is 0.303. The number of rotatable bonds is 18. The molecule has 1 aromatic heterocycles. The number of hydrogen-bond donors (Lipinski definition) is 0. The summed E-state index contributed by atoms with van der Waals surface area (Å²) in [7, 11) is 0. The molecule has 2 aliphatic carbocycles. The summed E-state index contributed by atoms with van der Waals surface area (Å²) in [5, 5.41) is 2.43. The lowest BCUT2D eigenvalue weighted by Crippen LogP contribution is -2.27. The molecule has 3 nitrogen and oxygen atoms in total. The van der Waals surface area contributed by atoms with Crippen LogP contribution in [0.15, 0.2) is 292 Å². The van der Waals surface area contributed by atoms with Gasteiger partial charge in [0.25, 0.3) is 0 Å². The molecule has 3 heteroatoms. The van der Waals surface area contributed by atoms with Gasteiger partial charge in [0.1, 0.15) is 5.75 Å². The first-order valence-electron chi connectivity index (χ1n) is 31.5. The van der Waals surface area contributed by atoms with Crippen molar-refractivity contribution in [2.24, 2.45) is 0 Å². The molecule has 12 aromatic carbocycles. The fraction of sp³-hybridized carbons (Fsp3) is 0.116. The third-order valence-electron chi connectivity index (χ3n) is 19.3. The van der Waals surface area contributed by atoms with Gasteiger partial charge in [0.05, 0.1) is 17.6 Å². The van der Waals surface area contributed by atoms with Crippen molar-refractivity contribution in [1.82, 2.24) is 4.57 Å². The fourth-order valence-corrected chi connectivity index (χ4v) is 14.7. The number of benzene rings is 12. The van der Waals surface area contributed by atoms with E-state index in [1.807, 2.05) is 24.3 Å². The third-order valence-corrected chi connectivity index (χ3v) is 19.3. The minimum Gasteiger partial charge on any atom is -0.494 e. The highest BCUT2D eigenvalue weighted by Crippen LogP contribution is 2.57. The van der Waals surface area contributed by atoms with Gasteiger partial charge >= 0.3 is 0 Å². The minimum atomic E-state index is -0.346. The molecule has 89 heavy (non-hydrogen) atoms. The van der Waals surface area contributed by atoms with Crippen molar-refractivity contribution < 1.29 is 4.74 Å². The molecule has 0 N–H and O–H groups in total. The fourth-order valence-electron chi connectivity index (χ4n) is 14.7. The van der Waals surface area contributed by atoms with E-state index in [0.29, 0.717) is 6.61 Å². The van der Waals surface area contributed by atoms with Crippen LogP contribution in [0.25, 0.3) is 95.3 Å². The second-order valence-corrected chi connectivity index (χ2v) is 24.7. The smallest absolute Gasteiger partial charge is 0.119 e. The zero-order valence-corrected chi connectivity index (χ0v) is 50.7. The van der Waals surface area contributed by atoms with E-state index in [4.69, 9.17) is 4.74 Å². The van der Waals surface area contributed by atoms with Gasteiger partial charge in [-0.25, -0.2) is 0 Å². The lowest BCUT2D eigenvalue weighted by Gasteiger charge is -2.34. The molecular weight excluding hydrogens is 1080 g/mol. The molecule has 0 bridgehead atoms. The molecule has 0 amide bonds. The summed E-state index contributed by atoms with van der Waals surface area (Å²) >= 11 is 0. The molecule has 0 aliphatic heterocycles. The average molecular weight is 1150 g/mol. The van der Waals surface area contributed by atoms with Gasteiger partial charge in [0, 0.05) is 44.4 Å². The van der Waals surface area contributed by atoms with Gasteiger partial charge in [0.2, 0.25) is 0 Å². The van der Waals surface area contributed by atoms with Crippen LogP contribution in [0.4, 0.5) is 17.1 Å². The maximum absolute atomic E-state index is 6.18. The van der Waals surface area contributed by atoms with Gasteiger partial charge in [0.15, 0.2) is 0 Å². The Kier molecular flexibility index (Phi) is 14.2. The Morgan fingerprint density at radius 2 is 0.854 bits per heavy atom. The van der Waals surface area contributed by atoms with Gasteiger partial charge in [-0.3, -0.25) is 0 Å². The van der Waals surface area contributed by atoms with Crippen LogP contribution in [0.2, 0.25) is 0 Å². The number of fused-ring (bicyclic) bond motifs is 9. The zero-order chi connectivity index (χ0) is 60.1. The summed E-state index contributed by atoms with van der Waals surface area (Å²) < 4.78 is 8.60. The van der Waals surface area contributed by atoms with Crippen LogP contribution >= 0.6 is 0 Å². The summed E-state index contributed by atoms with van der Waals surface area (Å²) in [6, 6.07) is 104. The Bertz CT molecular complexity index is 4780. The number of aromatic nitrogens is 1. The summed E-state index contributed by atoms with van der Waals surface area (Å²) in [6.45, 7) is 13.4. The predicted octanol–water partition coefficient (Wildman–Crippen LogP) is 23.2. The van der Waals surface area contributed by atoms with Crippen molar-refractivity contribution >= 4 is 51.0 Å². The Labute approximate surface area is 523 Å². The van der Waals surface area contributed by atoms with Crippen LogP contribution in [0.5, 0.6) is 5.75 Å². The average Bonchev–Trinajstić information content (AvgIpc) is 1.60. The number of hydrogen-bond acceptors (Lipinski definition) is 2. The maximum Gasteiger partial charge on any atom is 0.119 e. The zero-order valence-electron chi connectivity index (χ0n) is 50.7. The van der Waals surface area contributed by atoms with Gasteiger partial charge in [-0.15, -0.1) is 0 Å². The largest absolute Gasteiger partial charge is 0.494 e. The van der Waals surface area contributed by atoms with E-state index in [9.17, 15) is 0 Å². The number of unbranched alkanes of at least 4 members (excludes halogenated alkanes) is 3. The molecule has 1 unspecified atom stereocenters. The Balaban J connectivity index is 0.802. The highest BCUT2D eigenvalue weighted by Gasteiger charge is 2.44. The molecular formula is C86H70N2O. The molecule has 1 heterocycles. The number of ether oxygens (including phenoxy) is 1. The van der Waals surface area contributed by atoms with Crippen LogP contribution < -0.4 is 9.64 Å². The minimum absolute atomic E-state index is 0.0894. The second-order valence-electron chi connectivity index (χ2n) is 24.7. The molecule has 0 saturated carbocycles. The summed E-state index contributed by atoms with van der Waals surface area (Å²) in [5.41, 5.74) is 27.8. The summed E-state index contributed by atoms with van der Waals surface area (Å²) in [4.78, 5) is 2.46. The molecule has 13 aromatic rings. The quantitative estimate of drug-likeness (QED) is 0.0797. The van der Waals surface area contributed by atoms with Crippen LogP contribution in [0.1, 0.15) is 84.9 Å². The Morgan fingerprint density at radius 3 is 1.51 bits per heavy atom. The molecule has 15 rings (SSSR count). The van der Waals surface area contributed by atoms with Crippen molar-refractivity contribution in [2.75, 3.05) is 11.5 Å². The van der Waals surface area contributed by atoms with Crippen molar-refractivity contribution in [3.8, 4) is 67.1 Å². The molecule has 1 atom stereocenters. The van der Waals surface area contributed by atoms with Gasteiger partial charge in [-0.1, -0.05) is 246 Å². The SMILES string of the molecule is C=Cc1ccc(OCCCCCCC2(c3ccccc3)c3ccccc3-c3ccc(N(c4ccc(-c5ccccc5)cc4)c4ccc(-c5ccc6c(c5)c5cc(-c7ccc8c(c7)C(C)(C)c7ccccc7-8)ccc5n6-c5ccc(C=C)cc5)cc4)cc32)cc1. The van der Waals surface area contributed by atoms with E-state index in [-0.39, 0.29) is 10.8 Å². The highest BCUT2D eigenvalue weighted by molar-refractivity contribution is 6.12. The maximum atomic E-state index is 6.18. The first-order chi connectivity index (χ1) is 43.8. The second kappa shape index (κ2) is 23.0. The van der Waals surface area contributed by atoms with Gasteiger partial charge in [-0.05, 0) is 198 Å². The topological polar surface area (TPSA) is 17.4 Å². The molecule has 0 fully saturated rings. The third kappa shape index (κ3) is 9.79. The first kappa shape index (κ1) is 55.1. The summed E-state index contributed by atoms with van der Waals surface area (Å²) in [5.74, 6) is 0.910. The van der Waals surface area contributed by atoms with Crippen molar-refractivity contribution in [1.29, 1.82) is 0 Å². The van der Waals surface area contributed by atoms with Crippen molar-refractivity contribution in [3.63, 3.8) is 0 Å². The molecule has 430 valence electrons. The first-order valence-corrected chi connectivity index (χ1v) is 31.5. The molecule has 0 saturated heterocycles. The van der Waals surface area contributed by atoms with E-state index < -0.39 is 0 Å². The Hall–Kier alpha value is -10.5. The van der Waals surface area contributed by atoms with Crippen LogP contribution in [0, 0.1) is 0 Å².